The first-order valence-electron chi connectivity index (χ1n) is 15.2. The molecule has 3 saturated carbocycles. The maximum atomic E-state index is 13.6. The van der Waals surface area contributed by atoms with Gasteiger partial charge in [0.2, 0.25) is 5.78 Å². The summed E-state index contributed by atoms with van der Waals surface area (Å²) in [6.07, 6.45) is 12.8. The van der Waals surface area contributed by atoms with Crippen molar-refractivity contribution >= 4 is 11.8 Å². The Hall–Kier alpha value is -2.95. The summed E-state index contributed by atoms with van der Waals surface area (Å²) in [5, 5.41) is 10.4. The van der Waals surface area contributed by atoms with Crippen LogP contribution in [-0.4, -0.2) is 16.9 Å². The van der Waals surface area contributed by atoms with Gasteiger partial charge in [-0.1, -0.05) is 57.6 Å². The van der Waals surface area contributed by atoms with Crippen LogP contribution in [0.5, 0.6) is 0 Å². The highest BCUT2D eigenvalue weighted by Gasteiger charge is 2.67. The molecule has 0 heterocycles. The van der Waals surface area contributed by atoms with Gasteiger partial charge in [-0.05, 0) is 116 Å². The van der Waals surface area contributed by atoms with Gasteiger partial charge in [-0.2, -0.15) is 0 Å². The lowest BCUT2D eigenvalue weighted by atomic mass is 9.34. The fourth-order valence-corrected chi connectivity index (χ4v) is 9.55. The van der Waals surface area contributed by atoms with Gasteiger partial charge < -0.3 is 9.84 Å². The number of hydrogen-bond donors (Lipinski definition) is 1. The van der Waals surface area contributed by atoms with Crippen LogP contribution in [0.2, 0.25) is 0 Å². The molecule has 5 aliphatic rings. The van der Waals surface area contributed by atoms with E-state index in [9.17, 15) is 19.1 Å². The molecule has 3 fully saturated rings. The largest absolute Gasteiger partial charge is 0.504 e. The molecule has 0 aliphatic heterocycles. The third-order valence-electron chi connectivity index (χ3n) is 12.6. The van der Waals surface area contributed by atoms with Crippen LogP contribution >= 0.6 is 0 Å². The van der Waals surface area contributed by atoms with Gasteiger partial charge in [0.25, 0.3) is 0 Å². The van der Waals surface area contributed by atoms with Crippen molar-refractivity contribution in [3.63, 3.8) is 0 Å². The number of rotatable bonds is 3. The number of ketones is 1. The number of allylic oxidation sites excluding steroid dienone is 7. The van der Waals surface area contributed by atoms with Crippen molar-refractivity contribution < 1.29 is 23.8 Å². The van der Waals surface area contributed by atoms with Crippen molar-refractivity contribution in [1.29, 1.82) is 0 Å². The maximum Gasteiger partial charge on any atom is 0.312 e. The summed E-state index contributed by atoms with van der Waals surface area (Å²) in [6.45, 7) is 13.7. The summed E-state index contributed by atoms with van der Waals surface area (Å²) < 4.78 is 19.2. The van der Waals surface area contributed by atoms with E-state index in [1.165, 1.54) is 17.7 Å². The van der Waals surface area contributed by atoms with Gasteiger partial charge in [-0.15, -0.1) is 0 Å². The van der Waals surface area contributed by atoms with Gasteiger partial charge in [0.15, 0.2) is 5.76 Å². The Labute approximate surface area is 243 Å². The van der Waals surface area contributed by atoms with Crippen molar-refractivity contribution in [2.24, 2.45) is 33.0 Å². The van der Waals surface area contributed by atoms with Crippen molar-refractivity contribution in [2.75, 3.05) is 0 Å². The van der Waals surface area contributed by atoms with E-state index in [0.29, 0.717) is 11.5 Å². The summed E-state index contributed by atoms with van der Waals surface area (Å²) in [7, 11) is 0. The van der Waals surface area contributed by atoms with Gasteiger partial charge in [0.1, 0.15) is 12.4 Å². The Morgan fingerprint density at radius 2 is 1.66 bits per heavy atom. The second kappa shape index (κ2) is 9.02. The number of aliphatic hydroxyl groups excluding tert-OH is 1. The summed E-state index contributed by atoms with van der Waals surface area (Å²) >= 11 is 0. The molecule has 6 atom stereocenters. The van der Waals surface area contributed by atoms with Crippen LogP contribution in [0.15, 0.2) is 70.5 Å². The summed E-state index contributed by atoms with van der Waals surface area (Å²) in [6, 6.07) is 6.13. The monoisotopic (exact) mass is 558 g/mol. The molecule has 0 amide bonds. The number of halogens is 1. The Kier molecular flexibility index (Phi) is 6.20. The Balaban J connectivity index is 1.33. The summed E-state index contributed by atoms with van der Waals surface area (Å²) in [5.74, 6) is -0.554. The first kappa shape index (κ1) is 28.2. The highest BCUT2D eigenvalue weighted by atomic mass is 19.1. The highest BCUT2D eigenvalue weighted by molar-refractivity contribution is 6.06. The quantitative estimate of drug-likeness (QED) is 0.378. The molecule has 5 aliphatic carbocycles. The van der Waals surface area contributed by atoms with E-state index in [-0.39, 0.29) is 51.6 Å². The van der Waals surface area contributed by atoms with Crippen LogP contribution in [0.3, 0.4) is 0 Å². The minimum atomic E-state index is -0.571. The van der Waals surface area contributed by atoms with Crippen molar-refractivity contribution in [3.8, 4) is 0 Å². The number of aliphatic hydroxyl groups is 1. The molecule has 0 aromatic heterocycles. The molecule has 0 radical (unpaired) electrons. The highest BCUT2D eigenvalue weighted by Crippen LogP contribution is 2.75. The molecule has 1 aromatic carbocycles. The zero-order valence-corrected chi connectivity index (χ0v) is 25.3. The lowest BCUT2D eigenvalue weighted by Crippen LogP contribution is -2.62. The van der Waals surface area contributed by atoms with Crippen molar-refractivity contribution in [3.05, 3.63) is 81.9 Å². The van der Waals surface area contributed by atoms with Crippen LogP contribution in [0.4, 0.5) is 4.39 Å². The standard InChI is InChI=1S/C36H43FO4/c1-22-25-11-12-28-34(4,26(25)19-27(38)30(22)39)16-18-36(6)29-20-33(3,14-13-32(29,2)15-17-35(28,36)5)31(40)41-21-23-7-9-24(37)10-8-23/h7-12,19,29,39H,13-18,20-21H2,1-6H3/t29-,32-,33-,34+,35-,36+/m1/s1. The normalized spacial score (nSPS) is 39.8. The summed E-state index contributed by atoms with van der Waals surface area (Å²) in [4.78, 5) is 26.4. The number of ether oxygens (including phenoxy) is 1. The fraction of sp³-hybridized carbons (Fsp3) is 0.556. The van der Waals surface area contributed by atoms with E-state index in [1.807, 2.05) is 6.92 Å². The van der Waals surface area contributed by atoms with E-state index >= 15 is 0 Å². The molecule has 0 spiro atoms. The molecule has 218 valence electrons. The number of benzene rings is 1. The van der Waals surface area contributed by atoms with Gasteiger partial charge in [-0.3, -0.25) is 9.59 Å². The zero-order chi connectivity index (χ0) is 29.6. The molecule has 0 bridgehead atoms. The average Bonchev–Trinajstić information content (AvgIpc) is 2.94. The van der Waals surface area contributed by atoms with E-state index in [0.717, 1.165) is 61.7 Å². The molecular weight excluding hydrogens is 515 g/mol. The first-order valence-corrected chi connectivity index (χ1v) is 15.2. The second-order valence-corrected chi connectivity index (χ2v) is 14.8. The maximum absolute atomic E-state index is 13.6. The summed E-state index contributed by atoms with van der Waals surface area (Å²) in [5.41, 5.74) is 4.07. The van der Waals surface area contributed by atoms with Gasteiger partial charge in [0, 0.05) is 11.0 Å². The molecule has 6 rings (SSSR count). The minimum Gasteiger partial charge on any atom is -0.504 e. The molecule has 1 N–H and O–H groups in total. The zero-order valence-electron chi connectivity index (χ0n) is 25.3. The van der Waals surface area contributed by atoms with Crippen molar-refractivity contribution in [2.45, 2.75) is 93.1 Å². The predicted octanol–water partition coefficient (Wildman–Crippen LogP) is 8.50. The molecule has 5 heteroatoms. The average molecular weight is 559 g/mol. The first-order chi connectivity index (χ1) is 19.2. The Bertz CT molecular complexity index is 1460. The fourth-order valence-electron chi connectivity index (χ4n) is 9.55. The molecule has 1 aromatic rings. The molecule has 0 saturated heterocycles. The smallest absolute Gasteiger partial charge is 0.312 e. The Morgan fingerprint density at radius 3 is 2.37 bits per heavy atom. The predicted molar refractivity (Wildman–Crippen MR) is 157 cm³/mol. The van der Waals surface area contributed by atoms with Gasteiger partial charge in [-0.25, -0.2) is 4.39 Å². The van der Waals surface area contributed by atoms with Crippen molar-refractivity contribution in [1.82, 2.24) is 0 Å². The van der Waals surface area contributed by atoms with E-state index in [2.05, 4.69) is 46.8 Å². The lowest BCUT2D eigenvalue weighted by molar-refractivity contribution is -0.183. The third kappa shape index (κ3) is 3.90. The number of carbonyl (C=O) groups excluding carboxylic acids is 2. The van der Waals surface area contributed by atoms with Crippen LogP contribution < -0.4 is 0 Å². The molecular formula is C36H43FO4. The SMILES string of the molecule is CC1=C(O)C(=O)C=C2C1=CC=C1[C@@]2(C)CC[C@@]2(C)[C@@H]3C[C@](C)(C(=O)OCc4ccc(F)cc4)CC[C@]3(C)CC[C@]12C. The van der Waals surface area contributed by atoms with E-state index in [1.54, 1.807) is 18.2 Å². The van der Waals surface area contributed by atoms with Crippen LogP contribution in [0.25, 0.3) is 0 Å². The van der Waals surface area contributed by atoms with Crippen LogP contribution in [0.1, 0.15) is 92.1 Å². The van der Waals surface area contributed by atoms with Crippen LogP contribution in [0, 0.1) is 38.8 Å². The topological polar surface area (TPSA) is 63.6 Å². The lowest BCUT2D eigenvalue weighted by Gasteiger charge is -2.70. The van der Waals surface area contributed by atoms with Gasteiger partial charge >= 0.3 is 5.97 Å². The minimum absolute atomic E-state index is 0.0259. The van der Waals surface area contributed by atoms with E-state index in [4.69, 9.17) is 4.74 Å². The molecule has 41 heavy (non-hydrogen) atoms. The number of hydrogen-bond acceptors (Lipinski definition) is 4. The number of carbonyl (C=O) groups is 2. The van der Waals surface area contributed by atoms with E-state index < -0.39 is 5.41 Å². The van der Waals surface area contributed by atoms with Crippen LogP contribution in [-0.2, 0) is 20.9 Å². The third-order valence-corrected chi connectivity index (χ3v) is 12.6. The molecule has 0 unspecified atom stereocenters. The number of fused-ring (bicyclic) bond motifs is 7. The Morgan fingerprint density at radius 1 is 0.976 bits per heavy atom. The van der Waals surface area contributed by atoms with Gasteiger partial charge in [0.05, 0.1) is 5.41 Å². The number of esters is 1. The second-order valence-electron chi connectivity index (χ2n) is 14.8. The molecule has 4 nitrogen and oxygen atoms in total.